The topological polar surface area (TPSA) is 69.9 Å². The molecule has 9 heteroatoms. The number of rotatable bonds is 2. The van der Waals surface area contributed by atoms with Crippen LogP contribution in [-0.2, 0) is 9.31 Å². The van der Waals surface area contributed by atoms with Gasteiger partial charge in [-0.25, -0.2) is 9.18 Å². The van der Waals surface area contributed by atoms with E-state index in [4.69, 9.17) is 18.5 Å². The van der Waals surface area contributed by atoms with Crippen molar-refractivity contribution < 1.29 is 32.0 Å². The van der Waals surface area contributed by atoms with Crippen LogP contribution < -0.4 is 15.5 Å². The van der Waals surface area contributed by atoms with Gasteiger partial charge < -0.3 is 23.8 Å². The minimum Gasteiger partial charge on any atom is -0.422 e. The summed E-state index contributed by atoms with van der Waals surface area (Å²) in [6.45, 7) is 7.25. The summed E-state index contributed by atoms with van der Waals surface area (Å²) in [7, 11) is 0.295. The fourth-order valence-electron chi connectivity index (χ4n) is 2.45. The van der Waals surface area contributed by atoms with Crippen LogP contribution in [0.25, 0.3) is 11.0 Å². The van der Waals surface area contributed by atoms with Gasteiger partial charge in [-0.3, -0.25) is 0 Å². The molecule has 25 heavy (non-hydrogen) atoms. The first-order valence-electron chi connectivity index (χ1n) is 7.72. The minimum atomic E-state index is -1.20. The fourth-order valence-corrected chi connectivity index (χ4v) is 2.45. The molecule has 1 aliphatic heterocycles. The van der Waals surface area contributed by atoms with Crippen LogP contribution in [0.4, 0.5) is 13.6 Å². The monoisotopic (exact) mass is 353 g/mol. The van der Waals surface area contributed by atoms with E-state index in [0.29, 0.717) is 0 Å². The highest BCUT2D eigenvalue weighted by atomic mass is 19.2. The van der Waals surface area contributed by atoms with Crippen LogP contribution in [0.1, 0.15) is 27.7 Å². The number of fused-ring (bicyclic) bond motifs is 1. The Morgan fingerprint density at radius 2 is 1.72 bits per heavy atom. The molecule has 1 aromatic carbocycles. The third-order valence-corrected chi connectivity index (χ3v) is 4.60. The first-order chi connectivity index (χ1) is 11.6. The summed E-state index contributed by atoms with van der Waals surface area (Å²) in [5.74, 6) is -2.58. The molecule has 1 saturated heterocycles. The second-order valence-electron chi connectivity index (χ2n) is 6.81. The van der Waals surface area contributed by atoms with E-state index in [9.17, 15) is 13.6 Å². The molecular formula is C16H18BF2NO5. The highest BCUT2D eigenvalue weighted by Gasteiger charge is 2.52. The normalized spacial score (nSPS) is 18.6. The quantitative estimate of drug-likeness (QED) is 0.841. The van der Waals surface area contributed by atoms with Crippen LogP contribution in [0.15, 0.2) is 16.5 Å². The predicted octanol–water partition coefficient (Wildman–Crippen LogP) is 2.73. The van der Waals surface area contributed by atoms with E-state index in [-0.39, 0.29) is 22.4 Å². The summed E-state index contributed by atoms with van der Waals surface area (Å²) in [5, 5.41) is 2.45. The van der Waals surface area contributed by atoms with Gasteiger partial charge in [0.25, 0.3) is 5.95 Å². The number of benzene rings is 1. The van der Waals surface area contributed by atoms with Crippen molar-refractivity contribution in [2.75, 3.05) is 7.05 Å². The number of hydrogen-bond acceptors (Lipinski definition) is 5. The average Bonchev–Trinajstić information content (AvgIpc) is 3.00. The average molecular weight is 353 g/mol. The molecule has 1 N–H and O–H groups in total. The van der Waals surface area contributed by atoms with Crippen molar-refractivity contribution in [2.24, 2.45) is 0 Å². The number of halogens is 2. The van der Waals surface area contributed by atoms with Crippen molar-refractivity contribution in [1.82, 2.24) is 5.32 Å². The van der Waals surface area contributed by atoms with Gasteiger partial charge in [0.2, 0.25) is 5.82 Å². The molecule has 2 aromatic rings. The second kappa shape index (κ2) is 5.71. The van der Waals surface area contributed by atoms with E-state index in [1.165, 1.54) is 19.2 Å². The van der Waals surface area contributed by atoms with Crippen molar-refractivity contribution in [2.45, 2.75) is 38.9 Å². The first-order valence-corrected chi connectivity index (χ1v) is 7.72. The van der Waals surface area contributed by atoms with E-state index in [1.807, 2.05) is 27.7 Å². The van der Waals surface area contributed by atoms with Gasteiger partial charge in [-0.1, -0.05) is 0 Å². The third-order valence-electron chi connectivity index (χ3n) is 4.60. The largest absolute Gasteiger partial charge is 0.497 e. The van der Waals surface area contributed by atoms with Gasteiger partial charge in [-0.2, -0.15) is 4.39 Å². The number of hydrogen-bond donors (Lipinski definition) is 1. The molecule has 1 aromatic heterocycles. The molecule has 1 amide bonds. The van der Waals surface area contributed by atoms with E-state index < -0.39 is 36.0 Å². The SMILES string of the molecule is CNC(=O)Oc1cc2cc(B3OC(C)(C)C(C)(C)O3)c(F)c(F)c2o1. The molecule has 134 valence electrons. The van der Waals surface area contributed by atoms with Crippen LogP contribution in [0.3, 0.4) is 0 Å². The molecule has 6 nitrogen and oxygen atoms in total. The van der Waals surface area contributed by atoms with Crippen molar-refractivity contribution in [3.05, 3.63) is 23.8 Å². The Morgan fingerprint density at radius 1 is 1.12 bits per heavy atom. The summed E-state index contributed by atoms with van der Waals surface area (Å²) in [6.07, 6.45) is -0.786. The lowest BCUT2D eigenvalue weighted by atomic mass is 9.78. The van der Waals surface area contributed by atoms with Gasteiger partial charge in [0.15, 0.2) is 11.4 Å². The Bertz CT molecular complexity index is 833. The Morgan fingerprint density at radius 3 is 2.28 bits per heavy atom. The molecule has 0 radical (unpaired) electrons. The molecular weight excluding hydrogens is 335 g/mol. The van der Waals surface area contributed by atoms with Crippen molar-refractivity contribution >= 4 is 29.6 Å². The van der Waals surface area contributed by atoms with Gasteiger partial charge in [-0.05, 0) is 33.8 Å². The first kappa shape index (κ1) is 17.7. The Labute approximate surface area is 143 Å². The molecule has 2 heterocycles. The molecule has 1 aliphatic rings. The lowest BCUT2D eigenvalue weighted by Crippen LogP contribution is -2.41. The molecule has 1 fully saturated rings. The highest BCUT2D eigenvalue weighted by molar-refractivity contribution is 6.62. The molecule has 0 spiro atoms. The van der Waals surface area contributed by atoms with Crippen molar-refractivity contribution in [3.8, 4) is 5.95 Å². The zero-order chi connectivity index (χ0) is 18.6. The van der Waals surface area contributed by atoms with Gasteiger partial charge >= 0.3 is 13.2 Å². The summed E-state index contributed by atoms with van der Waals surface area (Å²) < 4.78 is 50.3. The van der Waals surface area contributed by atoms with Crippen LogP contribution in [0.2, 0.25) is 0 Å². The summed E-state index contributed by atoms with van der Waals surface area (Å²) in [4.78, 5) is 11.2. The molecule has 0 aliphatic carbocycles. The van der Waals surface area contributed by atoms with Gasteiger partial charge in [-0.15, -0.1) is 0 Å². The maximum atomic E-state index is 14.5. The second-order valence-corrected chi connectivity index (χ2v) is 6.81. The third kappa shape index (κ3) is 2.87. The lowest BCUT2D eigenvalue weighted by molar-refractivity contribution is 0.00578. The van der Waals surface area contributed by atoms with Crippen LogP contribution >= 0.6 is 0 Å². The van der Waals surface area contributed by atoms with E-state index in [2.05, 4.69) is 5.32 Å². The summed E-state index contributed by atoms with van der Waals surface area (Å²) >= 11 is 0. The van der Waals surface area contributed by atoms with Crippen LogP contribution in [0.5, 0.6) is 5.95 Å². The Kier molecular flexibility index (Phi) is 4.04. The number of amides is 1. The number of ether oxygens (including phenoxy) is 1. The summed E-state index contributed by atoms with van der Waals surface area (Å²) in [5.41, 5.74) is -1.83. The van der Waals surface area contributed by atoms with E-state index in [0.717, 1.165) is 0 Å². The highest BCUT2D eigenvalue weighted by Crippen LogP contribution is 2.37. The van der Waals surface area contributed by atoms with Crippen LogP contribution in [-0.4, -0.2) is 31.5 Å². The minimum absolute atomic E-state index is 0.0871. The lowest BCUT2D eigenvalue weighted by Gasteiger charge is -2.32. The molecule has 3 rings (SSSR count). The van der Waals surface area contributed by atoms with Crippen LogP contribution in [0, 0.1) is 11.6 Å². The smallest absolute Gasteiger partial charge is 0.422 e. The number of carbonyl (C=O) groups excluding carboxylic acids is 1. The van der Waals surface area contributed by atoms with E-state index in [1.54, 1.807) is 0 Å². The number of nitrogens with one attached hydrogen (secondary N) is 1. The fraction of sp³-hybridized carbons (Fsp3) is 0.438. The molecule has 0 atom stereocenters. The Hall–Kier alpha value is -2.13. The molecule has 0 saturated carbocycles. The van der Waals surface area contributed by atoms with Crippen molar-refractivity contribution in [1.29, 1.82) is 0 Å². The van der Waals surface area contributed by atoms with Gasteiger partial charge in [0.05, 0.1) is 11.2 Å². The van der Waals surface area contributed by atoms with Crippen molar-refractivity contribution in [3.63, 3.8) is 0 Å². The number of furan rings is 1. The standard InChI is InChI=1S/C16H18BF2NO5/c1-15(2)16(3,4)25-17(24-15)9-6-8-7-10(23-14(21)20-5)22-13(8)12(19)11(9)18/h6-7H,1-5H3,(H,20,21). The summed E-state index contributed by atoms with van der Waals surface area (Å²) in [6, 6.07) is 2.65. The Balaban J connectivity index is 2.03. The maximum absolute atomic E-state index is 14.5. The zero-order valence-electron chi connectivity index (χ0n) is 14.5. The van der Waals surface area contributed by atoms with E-state index >= 15 is 0 Å². The predicted molar refractivity (Wildman–Crippen MR) is 86.9 cm³/mol. The zero-order valence-corrected chi connectivity index (χ0v) is 14.5. The maximum Gasteiger partial charge on any atom is 0.497 e. The van der Waals surface area contributed by atoms with Gasteiger partial charge in [0.1, 0.15) is 0 Å². The number of carbonyl (C=O) groups is 1. The molecule has 0 unspecified atom stereocenters. The molecule has 0 bridgehead atoms. The van der Waals surface area contributed by atoms with Gasteiger partial charge in [0, 0.05) is 24.0 Å².